The van der Waals surface area contributed by atoms with Gasteiger partial charge in [0.25, 0.3) is 5.69 Å². The highest BCUT2D eigenvalue weighted by atomic mass is 16.6. The number of non-ortho nitro benzene ring substituents is 1. The molecule has 0 unspecified atom stereocenters. The van der Waals surface area contributed by atoms with E-state index in [2.05, 4.69) is 19.0 Å². The van der Waals surface area contributed by atoms with Gasteiger partial charge in [-0.05, 0) is 12.1 Å². The van der Waals surface area contributed by atoms with Crippen molar-refractivity contribution in [2.45, 2.75) is 6.42 Å². The van der Waals surface area contributed by atoms with Gasteiger partial charge in [-0.15, -0.1) is 0 Å². The molecule has 0 radical (unpaired) electrons. The Morgan fingerprint density at radius 1 is 1.17 bits per heavy atom. The molecule has 0 spiro atoms. The Morgan fingerprint density at radius 2 is 1.83 bits per heavy atom. The maximum atomic E-state index is 10.6. The van der Waals surface area contributed by atoms with Crippen LogP contribution in [-0.2, 0) is 0 Å². The van der Waals surface area contributed by atoms with Crippen molar-refractivity contribution in [3.05, 3.63) is 34.4 Å². The van der Waals surface area contributed by atoms with E-state index in [0.29, 0.717) is 0 Å². The summed E-state index contributed by atoms with van der Waals surface area (Å²) in [5.74, 6) is 0. The lowest BCUT2D eigenvalue weighted by atomic mass is 10.2. The molecule has 1 saturated heterocycles. The van der Waals surface area contributed by atoms with Crippen LogP contribution < -0.4 is 4.90 Å². The van der Waals surface area contributed by atoms with E-state index < -0.39 is 0 Å². The van der Waals surface area contributed by atoms with Crippen molar-refractivity contribution < 1.29 is 9.41 Å². The highest BCUT2D eigenvalue weighted by Crippen LogP contribution is 2.21. The van der Waals surface area contributed by atoms with Crippen molar-refractivity contribution in [3.8, 4) is 0 Å². The van der Waals surface area contributed by atoms with Crippen molar-refractivity contribution in [1.82, 2.24) is 0 Å². The van der Waals surface area contributed by atoms with E-state index in [1.54, 1.807) is 12.1 Å². The Balaban J connectivity index is 2.09. The minimum Gasteiger partial charge on any atom is -0.366 e. The molecule has 18 heavy (non-hydrogen) atoms. The van der Waals surface area contributed by atoms with Crippen LogP contribution in [-0.4, -0.2) is 49.7 Å². The van der Waals surface area contributed by atoms with Crippen molar-refractivity contribution in [2.75, 3.05) is 45.2 Å². The standard InChI is InChI=1S/C13H20N3O2/c1-16(2)10-3-8-14(9-11-16)12-4-6-13(7-5-12)15(17)18/h4-7H,3,8-11H2,1-2H3/q+1. The summed E-state index contributed by atoms with van der Waals surface area (Å²) in [5.41, 5.74) is 1.24. The number of hydrogen-bond acceptors (Lipinski definition) is 3. The molecule has 0 atom stereocenters. The number of quaternary nitrogens is 1. The SMILES string of the molecule is C[N+]1(C)CCCN(c2ccc([N+](=O)[O-])cc2)CC1. The van der Waals surface area contributed by atoms with Gasteiger partial charge in [0.2, 0.25) is 0 Å². The molecule has 98 valence electrons. The normalized spacial score (nSPS) is 19.3. The van der Waals surface area contributed by atoms with Crippen LogP contribution >= 0.6 is 0 Å². The van der Waals surface area contributed by atoms with Gasteiger partial charge in [-0.2, -0.15) is 0 Å². The van der Waals surface area contributed by atoms with E-state index in [9.17, 15) is 10.1 Å². The third kappa shape index (κ3) is 2.98. The maximum Gasteiger partial charge on any atom is 0.269 e. The average molecular weight is 250 g/mol. The molecule has 0 aromatic heterocycles. The van der Waals surface area contributed by atoms with Gasteiger partial charge < -0.3 is 9.38 Å². The number of rotatable bonds is 2. The molecule has 0 saturated carbocycles. The summed E-state index contributed by atoms with van der Waals surface area (Å²) in [6.07, 6.45) is 1.16. The summed E-state index contributed by atoms with van der Waals surface area (Å²) in [6, 6.07) is 6.87. The van der Waals surface area contributed by atoms with Crippen LogP contribution in [0.4, 0.5) is 11.4 Å². The number of nitrogens with zero attached hydrogens (tertiary/aromatic N) is 3. The highest BCUT2D eigenvalue weighted by Gasteiger charge is 2.21. The molecule has 1 aromatic rings. The van der Waals surface area contributed by atoms with Gasteiger partial charge in [0.1, 0.15) is 0 Å². The lowest BCUT2D eigenvalue weighted by Crippen LogP contribution is -2.42. The second-order valence-electron chi connectivity index (χ2n) is 5.50. The van der Waals surface area contributed by atoms with Gasteiger partial charge in [-0.25, -0.2) is 0 Å². The van der Waals surface area contributed by atoms with Gasteiger partial charge in [0, 0.05) is 30.8 Å². The average Bonchev–Trinajstić information content (AvgIpc) is 2.50. The summed E-state index contributed by atoms with van der Waals surface area (Å²) < 4.78 is 1.05. The molecule has 0 amide bonds. The first-order valence-corrected chi connectivity index (χ1v) is 6.29. The van der Waals surface area contributed by atoms with Crippen LogP contribution in [0, 0.1) is 10.1 Å². The topological polar surface area (TPSA) is 46.4 Å². The van der Waals surface area contributed by atoms with Crippen molar-refractivity contribution in [3.63, 3.8) is 0 Å². The molecule has 1 aromatic carbocycles. The largest absolute Gasteiger partial charge is 0.366 e. The van der Waals surface area contributed by atoms with Crippen LogP contribution in [0.15, 0.2) is 24.3 Å². The first-order valence-electron chi connectivity index (χ1n) is 6.29. The third-order valence-electron chi connectivity index (χ3n) is 3.59. The zero-order chi connectivity index (χ0) is 13.2. The lowest BCUT2D eigenvalue weighted by Gasteiger charge is -2.28. The van der Waals surface area contributed by atoms with E-state index in [1.807, 2.05) is 12.1 Å². The van der Waals surface area contributed by atoms with Crippen LogP contribution in [0.5, 0.6) is 0 Å². The summed E-state index contributed by atoms with van der Waals surface area (Å²) >= 11 is 0. The Labute approximate surface area is 107 Å². The second kappa shape index (κ2) is 4.94. The number of likely N-dealkylation sites (N-methyl/N-ethyl adjacent to an activating group) is 1. The van der Waals surface area contributed by atoms with Crippen LogP contribution in [0.2, 0.25) is 0 Å². The smallest absolute Gasteiger partial charge is 0.269 e. The number of benzene rings is 1. The lowest BCUT2D eigenvalue weighted by molar-refractivity contribution is -0.887. The quantitative estimate of drug-likeness (QED) is 0.457. The van der Waals surface area contributed by atoms with E-state index in [-0.39, 0.29) is 10.6 Å². The predicted molar refractivity (Wildman–Crippen MR) is 71.8 cm³/mol. The molecule has 0 aliphatic carbocycles. The number of nitro groups is 1. The predicted octanol–water partition coefficient (Wildman–Crippen LogP) is 1.88. The Hall–Kier alpha value is -1.62. The zero-order valence-corrected chi connectivity index (χ0v) is 11.0. The monoisotopic (exact) mass is 250 g/mol. The maximum absolute atomic E-state index is 10.6. The first kappa shape index (κ1) is 12.8. The van der Waals surface area contributed by atoms with Crippen molar-refractivity contribution in [1.29, 1.82) is 0 Å². The fourth-order valence-electron chi connectivity index (χ4n) is 2.35. The van der Waals surface area contributed by atoms with Gasteiger partial charge >= 0.3 is 0 Å². The van der Waals surface area contributed by atoms with E-state index in [1.165, 1.54) is 6.54 Å². The van der Waals surface area contributed by atoms with Crippen LogP contribution in [0.1, 0.15) is 6.42 Å². The van der Waals surface area contributed by atoms with Gasteiger partial charge in [0.15, 0.2) is 0 Å². The summed E-state index contributed by atoms with van der Waals surface area (Å²) in [4.78, 5) is 12.6. The van der Waals surface area contributed by atoms with E-state index in [4.69, 9.17) is 0 Å². The molecule has 0 N–H and O–H groups in total. The van der Waals surface area contributed by atoms with Crippen molar-refractivity contribution in [2.24, 2.45) is 0 Å². The molecule has 1 fully saturated rings. The molecule has 5 nitrogen and oxygen atoms in total. The fourth-order valence-corrected chi connectivity index (χ4v) is 2.35. The summed E-state index contributed by atoms with van der Waals surface area (Å²) in [5, 5.41) is 10.6. The minimum atomic E-state index is -0.355. The van der Waals surface area contributed by atoms with Crippen molar-refractivity contribution >= 4 is 11.4 Å². The molecular weight excluding hydrogens is 230 g/mol. The fraction of sp³-hybridized carbons (Fsp3) is 0.538. The molecule has 1 heterocycles. The summed E-state index contributed by atoms with van der Waals surface area (Å²) in [6.45, 7) is 4.32. The molecule has 1 aliphatic rings. The minimum absolute atomic E-state index is 0.157. The molecule has 1 aliphatic heterocycles. The Morgan fingerprint density at radius 3 is 2.44 bits per heavy atom. The first-order chi connectivity index (χ1) is 8.48. The summed E-state index contributed by atoms with van der Waals surface area (Å²) in [7, 11) is 4.50. The van der Waals surface area contributed by atoms with E-state index in [0.717, 1.165) is 36.2 Å². The van der Waals surface area contributed by atoms with Gasteiger partial charge in [0.05, 0.1) is 38.7 Å². The third-order valence-corrected chi connectivity index (χ3v) is 3.59. The molecule has 0 bridgehead atoms. The Bertz CT molecular complexity index is 428. The number of anilines is 1. The molecular formula is C13H20N3O2+. The molecule has 2 rings (SSSR count). The van der Waals surface area contributed by atoms with Gasteiger partial charge in [-0.3, -0.25) is 10.1 Å². The highest BCUT2D eigenvalue weighted by molar-refractivity contribution is 5.50. The number of nitro benzene ring substituents is 1. The second-order valence-corrected chi connectivity index (χ2v) is 5.50. The Kier molecular flexibility index (Phi) is 3.52. The van der Waals surface area contributed by atoms with E-state index >= 15 is 0 Å². The number of hydrogen-bond donors (Lipinski definition) is 0. The van der Waals surface area contributed by atoms with Crippen LogP contribution in [0.25, 0.3) is 0 Å². The van der Waals surface area contributed by atoms with Gasteiger partial charge in [-0.1, -0.05) is 0 Å². The van der Waals surface area contributed by atoms with Crippen LogP contribution in [0.3, 0.4) is 0 Å². The zero-order valence-electron chi connectivity index (χ0n) is 11.0. The molecule has 5 heteroatoms.